The third-order valence-electron chi connectivity index (χ3n) is 5.12. The summed E-state index contributed by atoms with van der Waals surface area (Å²) in [4.78, 5) is 14.5. The summed E-state index contributed by atoms with van der Waals surface area (Å²) < 4.78 is 23.1. The lowest BCUT2D eigenvalue weighted by Gasteiger charge is -2.29. The van der Waals surface area contributed by atoms with Crippen molar-refractivity contribution in [1.29, 1.82) is 0 Å². The number of hydrogen-bond acceptors (Lipinski definition) is 5. The van der Waals surface area contributed by atoms with Crippen molar-refractivity contribution >= 4 is 51.9 Å². The normalized spacial score (nSPS) is 24.3. The third-order valence-corrected chi connectivity index (χ3v) is 6.73. The molecule has 3 N–H and O–H groups in total. The molecule has 1 aromatic carbocycles. The molecule has 1 aliphatic carbocycles. The largest absolute Gasteiger partial charge is 0.369 e. The highest BCUT2D eigenvalue weighted by Crippen LogP contribution is 2.32. The van der Waals surface area contributed by atoms with Crippen molar-refractivity contribution in [2.45, 2.75) is 19.3 Å². The Hall–Kier alpha value is -1.02. The van der Waals surface area contributed by atoms with Gasteiger partial charge in [-0.25, -0.2) is 8.42 Å². The summed E-state index contributed by atoms with van der Waals surface area (Å²) in [7, 11) is -2.90. The van der Waals surface area contributed by atoms with E-state index in [4.69, 9.17) is 5.73 Å². The Morgan fingerprint density at radius 2 is 1.88 bits per heavy atom. The first kappa shape index (κ1) is 23.0. The van der Waals surface area contributed by atoms with Gasteiger partial charge < -0.3 is 16.0 Å². The van der Waals surface area contributed by atoms with E-state index in [9.17, 15) is 13.2 Å². The van der Waals surface area contributed by atoms with E-state index in [1.165, 1.54) is 0 Å². The van der Waals surface area contributed by atoms with Gasteiger partial charge in [0.15, 0.2) is 9.84 Å². The van der Waals surface area contributed by atoms with Crippen LogP contribution in [0.5, 0.6) is 0 Å². The van der Waals surface area contributed by atoms with Gasteiger partial charge >= 0.3 is 0 Å². The van der Waals surface area contributed by atoms with Crippen molar-refractivity contribution in [2.75, 3.05) is 41.4 Å². The molecule has 9 heteroatoms. The standard InChI is InChI=1S/C17H25N3O3S.2ClH/c18-12-13-3-1-6-16(13)17(21)19-14-4-2-5-15(11-14)20-7-9-24(22,23)10-8-20;;/h2,4-5,11,13,16H,1,3,6-10,12,18H2,(H,19,21);2*1H/t13-,16-;;/m1../s1. The van der Waals surface area contributed by atoms with Gasteiger partial charge in [-0.15, -0.1) is 24.8 Å². The highest BCUT2D eigenvalue weighted by molar-refractivity contribution is 7.91. The molecule has 0 bridgehead atoms. The first-order valence-corrected chi connectivity index (χ1v) is 10.4. The highest BCUT2D eigenvalue weighted by atomic mass is 35.5. The van der Waals surface area contributed by atoms with Crippen LogP contribution in [0.25, 0.3) is 0 Å². The molecule has 6 nitrogen and oxygen atoms in total. The van der Waals surface area contributed by atoms with Gasteiger partial charge in [0.25, 0.3) is 0 Å². The van der Waals surface area contributed by atoms with E-state index in [1.807, 2.05) is 24.3 Å². The van der Waals surface area contributed by atoms with E-state index >= 15 is 0 Å². The molecule has 1 amide bonds. The third kappa shape index (κ3) is 5.49. The fraction of sp³-hybridized carbons (Fsp3) is 0.588. The Balaban J connectivity index is 0.00000169. The van der Waals surface area contributed by atoms with Crippen molar-refractivity contribution in [2.24, 2.45) is 17.6 Å². The van der Waals surface area contributed by atoms with Gasteiger partial charge in [-0.3, -0.25) is 4.79 Å². The van der Waals surface area contributed by atoms with Crippen LogP contribution in [-0.2, 0) is 14.6 Å². The smallest absolute Gasteiger partial charge is 0.227 e. The van der Waals surface area contributed by atoms with E-state index in [2.05, 4.69) is 10.2 Å². The summed E-state index contributed by atoms with van der Waals surface area (Å²) in [5.41, 5.74) is 7.47. The number of nitrogens with one attached hydrogen (secondary N) is 1. The van der Waals surface area contributed by atoms with Crippen molar-refractivity contribution < 1.29 is 13.2 Å². The van der Waals surface area contributed by atoms with Crippen LogP contribution in [0.1, 0.15) is 19.3 Å². The molecular weight excluding hydrogens is 397 g/mol. The van der Waals surface area contributed by atoms with Gasteiger partial charge in [-0.2, -0.15) is 0 Å². The molecule has 1 aromatic rings. The lowest BCUT2D eigenvalue weighted by molar-refractivity contribution is -0.120. The van der Waals surface area contributed by atoms with Crippen molar-refractivity contribution in [1.82, 2.24) is 0 Å². The summed E-state index contributed by atoms with van der Waals surface area (Å²) in [6.45, 7) is 1.55. The monoisotopic (exact) mass is 423 g/mol. The zero-order valence-electron chi connectivity index (χ0n) is 14.6. The summed E-state index contributed by atoms with van der Waals surface area (Å²) in [5, 5.41) is 3.00. The minimum atomic E-state index is -2.90. The fourth-order valence-corrected chi connectivity index (χ4v) is 4.85. The van der Waals surface area contributed by atoms with E-state index in [0.717, 1.165) is 30.6 Å². The predicted molar refractivity (Wildman–Crippen MR) is 110 cm³/mol. The number of amides is 1. The lowest BCUT2D eigenvalue weighted by Crippen LogP contribution is -2.40. The maximum Gasteiger partial charge on any atom is 0.227 e. The maximum absolute atomic E-state index is 12.5. The Morgan fingerprint density at radius 3 is 2.54 bits per heavy atom. The highest BCUT2D eigenvalue weighted by Gasteiger charge is 2.32. The quantitative estimate of drug-likeness (QED) is 0.772. The van der Waals surface area contributed by atoms with Crippen LogP contribution in [0.15, 0.2) is 24.3 Å². The Morgan fingerprint density at radius 1 is 1.19 bits per heavy atom. The average molecular weight is 424 g/mol. The zero-order chi connectivity index (χ0) is 17.2. The summed E-state index contributed by atoms with van der Waals surface area (Å²) in [5.74, 6) is 0.689. The van der Waals surface area contributed by atoms with Crippen molar-refractivity contribution in [3.05, 3.63) is 24.3 Å². The van der Waals surface area contributed by atoms with Crippen LogP contribution >= 0.6 is 24.8 Å². The number of carbonyl (C=O) groups is 1. The summed E-state index contributed by atoms with van der Waals surface area (Å²) in [6.07, 6.45) is 2.98. The molecule has 0 radical (unpaired) electrons. The van der Waals surface area contributed by atoms with Crippen molar-refractivity contribution in [3.63, 3.8) is 0 Å². The maximum atomic E-state index is 12.5. The molecule has 0 aromatic heterocycles. The van der Waals surface area contributed by atoms with Crippen molar-refractivity contribution in [3.8, 4) is 0 Å². The second-order valence-corrected chi connectivity index (χ2v) is 9.02. The molecule has 26 heavy (non-hydrogen) atoms. The van der Waals surface area contributed by atoms with Crippen LogP contribution in [0.2, 0.25) is 0 Å². The van der Waals surface area contributed by atoms with Gasteiger partial charge in [0.1, 0.15) is 0 Å². The molecule has 1 aliphatic heterocycles. The SMILES string of the molecule is Cl.Cl.NC[C@H]1CCC[C@H]1C(=O)Nc1cccc(N2CCS(=O)(=O)CC2)c1. The number of rotatable bonds is 4. The molecule has 2 fully saturated rings. The van der Waals surface area contributed by atoms with Crippen LogP contribution in [0.3, 0.4) is 0 Å². The summed E-state index contributed by atoms with van der Waals surface area (Å²) >= 11 is 0. The second-order valence-electron chi connectivity index (χ2n) is 6.71. The first-order valence-electron chi connectivity index (χ1n) is 8.55. The molecule has 0 spiro atoms. The van der Waals surface area contributed by atoms with Crippen LogP contribution in [0.4, 0.5) is 11.4 Å². The van der Waals surface area contributed by atoms with Crippen LogP contribution < -0.4 is 16.0 Å². The van der Waals surface area contributed by atoms with Crippen LogP contribution in [0, 0.1) is 11.8 Å². The number of sulfone groups is 1. The molecule has 2 atom stereocenters. The minimum Gasteiger partial charge on any atom is -0.369 e. The fourth-order valence-electron chi connectivity index (χ4n) is 3.65. The Bertz CT molecular complexity index is 701. The van der Waals surface area contributed by atoms with Crippen LogP contribution in [-0.4, -0.2) is 45.5 Å². The Kier molecular flexibility index (Phi) is 8.66. The van der Waals surface area contributed by atoms with Gasteiger partial charge in [-0.05, 0) is 43.5 Å². The summed E-state index contributed by atoms with van der Waals surface area (Å²) in [6, 6.07) is 7.63. The molecule has 1 heterocycles. The van der Waals surface area contributed by atoms with E-state index in [1.54, 1.807) is 0 Å². The topological polar surface area (TPSA) is 92.5 Å². The van der Waals surface area contributed by atoms with Gasteiger partial charge in [0.2, 0.25) is 5.91 Å². The Labute approximate surface area is 167 Å². The first-order chi connectivity index (χ1) is 11.5. The van der Waals surface area contributed by atoms with E-state index in [-0.39, 0.29) is 54.1 Å². The van der Waals surface area contributed by atoms with E-state index < -0.39 is 9.84 Å². The van der Waals surface area contributed by atoms with Gasteiger partial charge in [0.05, 0.1) is 11.5 Å². The average Bonchev–Trinajstić information content (AvgIpc) is 3.04. The molecule has 148 valence electrons. The molecule has 1 saturated carbocycles. The number of nitrogens with zero attached hydrogens (tertiary/aromatic N) is 1. The molecule has 3 rings (SSSR count). The molecular formula is C17H27Cl2N3O3S. The number of anilines is 2. The van der Waals surface area contributed by atoms with Gasteiger partial charge in [0, 0.05) is 30.4 Å². The number of carbonyl (C=O) groups excluding carboxylic acids is 1. The number of halogens is 2. The lowest BCUT2D eigenvalue weighted by atomic mass is 9.95. The zero-order valence-corrected chi connectivity index (χ0v) is 17.0. The predicted octanol–water partition coefficient (Wildman–Crippen LogP) is 2.08. The molecule has 1 saturated heterocycles. The number of hydrogen-bond donors (Lipinski definition) is 2. The second kappa shape index (κ2) is 9.78. The van der Waals surface area contributed by atoms with E-state index in [0.29, 0.717) is 19.6 Å². The molecule has 2 aliphatic rings. The number of benzene rings is 1. The number of nitrogens with two attached hydrogens (primary N) is 1. The van der Waals surface area contributed by atoms with Gasteiger partial charge in [-0.1, -0.05) is 12.5 Å². The minimum absolute atomic E-state index is 0. The molecule has 0 unspecified atom stereocenters.